The Morgan fingerprint density at radius 1 is 1.22 bits per heavy atom. The first-order chi connectivity index (χ1) is 8.66. The lowest BCUT2D eigenvalue weighted by Gasteiger charge is -2.30. The van der Waals surface area contributed by atoms with Gasteiger partial charge < -0.3 is 10.4 Å². The fourth-order valence-electron chi connectivity index (χ4n) is 2.98. The first-order valence-corrected chi connectivity index (χ1v) is 6.93. The van der Waals surface area contributed by atoms with Gasteiger partial charge in [0, 0.05) is 25.6 Å². The Morgan fingerprint density at radius 2 is 1.89 bits per heavy atom. The molecule has 0 radical (unpaired) electrons. The highest BCUT2D eigenvalue weighted by molar-refractivity contribution is 5.84. The molecule has 1 heterocycles. The molecule has 5 nitrogen and oxygen atoms in total. The summed E-state index contributed by atoms with van der Waals surface area (Å²) in [5.41, 5.74) is 0. The van der Waals surface area contributed by atoms with E-state index in [0.717, 1.165) is 12.8 Å². The Balaban J connectivity index is 2.01. The standard InChI is InChI=1S/C13H22N2O3/c16-12-7-8-15(9-11(14-12)13(17)18)10-5-3-1-2-4-6-10/h10-11H,1-9H2,(H,14,16)(H,17,18). The molecule has 0 bridgehead atoms. The summed E-state index contributed by atoms with van der Waals surface area (Å²) in [5, 5.41) is 11.7. The monoisotopic (exact) mass is 254 g/mol. The molecule has 0 aromatic rings. The van der Waals surface area contributed by atoms with Gasteiger partial charge in [0.05, 0.1) is 0 Å². The van der Waals surface area contributed by atoms with Crippen molar-refractivity contribution in [1.29, 1.82) is 0 Å². The summed E-state index contributed by atoms with van der Waals surface area (Å²) < 4.78 is 0. The lowest BCUT2D eigenvalue weighted by atomic mass is 10.1. The van der Waals surface area contributed by atoms with E-state index in [2.05, 4.69) is 10.2 Å². The van der Waals surface area contributed by atoms with Crippen LogP contribution >= 0.6 is 0 Å². The number of carboxylic acid groups (broad SMARTS) is 1. The van der Waals surface area contributed by atoms with Crippen LogP contribution in [0.2, 0.25) is 0 Å². The second kappa shape index (κ2) is 6.18. The Bertz CT molecular complexity index is 311. The highest BCUT2D eigenvalue weighted by Gasteiger charge is 2.30. The van der Waals surface area contributed by atoms with Crippen molar-refractivity contribution in [2.75, 3.05) is 13.1 Å². The quantitative estimate of drug-likeness (QED) is 0.721. The van der Waals surface area contributed by atoms with Crippen molar-refractivity contribution in [3.8, 4) is 0 Å². The third-order valence-corrected chi connectivity index (χ3v) is 4.02. The maximum absolute atomic E-state index is 11.5. The number of carbonyl (C=O) groups excluding carboxylic acids is 1. The lowest BCUT2D eigenvalue weighted by molar-refractivity contribution is -0.141. The van der Waals surface area contributed by atoms with Crippen molar-refractivity contribution in [1.82, 2.24) is 10.2 Å². The number of hydrogen-bond donors (Lipinski definition) is 2. The summed E-state index contributed by atoms with van der Waals surface area (Å²) >= 11 is 0. The Morgan fingerprint density at radius 3 is 2.50 bits per heavy atom. The normalized spacial score (nSPS) is 28.2. The molecule has 0 aromatic carbocycles. The molecular weight excluding hydrogens is 232 g/mol. The first kappa shape index (κ1) is 13.3. The number of amides is 1. The minimum atomic E-state index is -0.927. The zero-order valence-electron chi connectivity index (χ0n) is 10.7. The summed E-state index contributed by atoms with van der Waals surface area (Å²) in [6, 6.07) is -0.287. The Kier molecular flexibility index (Phi) is 4.58. The second-order valence-corrected chi connectivity index (χ2v) is 5.35. The minimum Gasteiger partial charge on any atom is -0.480 e. The maximum Gasteiger partial charge on any atom is 0.327 e. The van der Waals surface area contributed by atoms with Crippen LogP contribution in [0.1, 0.15) is 44.9 Å². The molecule has 1 aliphatic carbocycles. The van der Waals surface area contributed by atoms with E-state index < -0.39 is 12.0 Å². The molecule has 1 atom stereocenters. The number of rotatable bonds is 2. The number of carbonyl (C=O) groups is 2. The van der Waals surface area contributed by atoms with Crippen molar-refractivity contribution in [3.63, 3.8) is 0 Å². The average Bonchev–Trinajstić information content (AvgIpc) is 2.69. The molecule has 1 saturated carbocycles. The molecule has 18 heavy (non-hydrogen) atoms. The van der Waals surface area contributed by atoms with Gasteiger partial charge in [-0.2, -0.15) is 0 Å². The fraction of sp³-hybridized carbons (Fsp3) is 0.846. The molecule has 102 valence electrons. The molecule has 1 saturated heterocycles. The summed E-state index contributed by atoms with van der Waals surface area (Å²) in [5.74, 6) is -1.07. The van der Waals surface area contributed by atoms with Crippen LogP contribution in [0.5, 0.6) is 0 Å². The number of nitrogens with one attached hydrogen (secondary N) is 1. The van der Waals surface area contributed by atoms with Crippen molar-refractivity contribution in [3.05, 3.63) is 0 Å². The van der Waals surface area contributed by atoms with Crippen molar-refractivity contribution < 1.29 is 14.7 Å². The van der Waals surface area contributed by atoms with Crippen LogP contribution < -0.4 is 5.32 Å². The molecule has 0 aromatic heterocycles. The summed E-state index contributed by atoms with van der Waals surface area (Å²) in [7, 11) is 0. The largest absolute Gasteiger partial charge is 0.480 e. The third kappa shape index (κ3) is 3.45. The molecule has 2 fully saturated rings. The van der Waals surface area contributed by atoms with Gasteiger partial charge in [0.15, 0.2) is 0 Å². The predicted octanol–water partition coefficient (Wildman–Crippen LogP) is 0.984. The Hall–Kier alpha value is -1.10. The van der Waals surface area contributed by atoms with E-state index in [4.69, 9.17) is 5.11 Å². The zero-order chi connectivity index (χ0) is 13.0. The van der Waals surface area contributed by atoms with E-state index in [1.165, 1.54) is 25.7 Å². The van der Waals surface area contributed by atoms with Gasteiger partial charge in [0.2, 0.25) is 5.91 Å². The molecule has 0 spiro atoms. The van der Waals surface area contributed by atoms with E-state index in [9.17, 15) is 9.59 Å². The Labute approximate surface area is 108 Å². The predicted molar refractivity (Wildman–Crippen MR) is 67.2 cm³/mol. The van der Waals surface area contributed by atoms with E-state index in [-0.39, 0.29) is 5.91 Å². The van der Waals surface area contributed by atoms with Crippen LogP contribution in [0.15, 0.2) is 0 Å². The molecule has 2 N–H and O–H groups in total. The van der Waals surface area contributed by atoms with Gasteiger partial charge in [-0.25, -0.2) is 4.79 Å². The van der Waals surface area contributed by atoms with Crippen LogP contribution in [0.3, 0.4) is 0 Å². The molecule has 2 aliphatic rings. The van der Waals surface area contributed by atoms with Gasteiger partial charge in [-0.15, -0.1) is 0 Å². The van der Waals surface area contributed by atoms with E-state index in [0.29, 0.717) is 25.6 Å². The second-order valence-electron chi connectivity index (χ2n) is 5.35. The van der Waals surface area contributed by atoms with Gasteiger partial charge >= 0.3 is 5.97 Å². The van der Waals surface area contributed by atoms with Crippen LogP contribution in [0.4, 0.5) is 0 Å². The van der Waals surface area contributed by atoms with Gasteiger partial charge in [-0.3, -0.25) is 9.69 Å². The number of hydrogen-bond acceptors (Lipinski definition) is 3. The third-order valence-electron chi connectivity index (χ3n) is 4.02. The number of nitrogens with zero attached hydrogens (tertiary/aromatic N) is 1. The molecular formula is C13H22N2O3. The lowest BCUT2D eigenvalue weighted by Crippen LogP contribution is -2.47. The summed E-state index contributed by atoms with van der Waals surface area (Å²) in [6.07, 6.45) is 7.70. The van der Waals surface area contributed by atoms with Crippen molar-refractivity contribution in [2.45, 2.75) is 57.0 Å². The van der Waals surface area contributed by atoms with Crippen LogP contribution in [-0.4, -0.2) is 47.1 Å². The number of carboxylic acids is 1. The molecule has 5 heteroatoms. The van der Waals surface area contributed by atoms with E-state index in [1.807, 2.05) is 0 Å². The average molecular weight is 254 g/mol. The summed E-state index contributed by atoms with van der Waals surface area (Å²) in [4.78, 5) is 24.8. The van der Waals surface area contributed by atoms with Gasteiger partial charge in [-0.05, 0) is 12.8 Å². The minimum absolute atomic E-state index is 0.140. The molecule has 1 amide bonds. The molecule has 2 rings (SSSR count). The highest BCUT2D eigenvalue weighted by Crippen LogP contribution is 2.23. The fourth-order valence-corrected chi connectivity index (χ4v) is 2.98. The van der Waals surface area contributed by atoms with Crippen LogP contribution in [0.25, 0.3) is 0 Å². The maximum atomic E-state index is 11.5. The van der Waals surface area contributed by atoms with E-state index >= 15 is 0 Å². The SMILES string of the molecule is O=C1CCN(C2CCCCCC2)CC(C(=O)O)N1. The highest BCUT2D eigenvalue weighted by atomic mass is 16.4. The molecule has 1 unspecified atom stereocenters. The number of aliphatic carboxylic acids is 1. The van der Waals surface area contributed by atoms with Crippen LogP contribution in [-0.2, 0) is 9.59 Å². The smallest absolute Gasteiger partial charge is 0.327 e. The first-order valence-electron chi connectivity index (χ1n) is 6.93. The van der Waals surface area contributed by atoms with E-state index in [1.54, 1.807) is 0 Å². The van der Waals surface area contributed by atoms with Crippen molar-refractivity contribution >= 4 is 11.9 Å². The zero-order valence-corrected chi connectivity index (χ0v) is 10.7. The topological polar surface area (TPSA) is 69.6 Å². The van der Waals surface area contributed by atoms with Gasteiger partial charge in [0.25, 0.3) is 0 Å². The van der Waals surface area contributed by atoms with Crippen LogP contribution in [0, 0.1) is 0 Å². The van der Waals surface area contributed by atoms with Crippen molar-refractivity contribution in [2.24, 2.45) is 0 Å². The van der Waals surface area contributed by atoms with Gasteiger partial charge in [0.1, 0.15) is 6.04 Å². The van der Waals surface area contributed by atoms with Gasteiger partial charge in [-0.1, -0.05) is 25.7 Å². The summed E-state index contributed by atoms with van der Waals surface area (Å²) in [6.45, 7) is 1.14. The molecule has 1 aliphatic heterocycles.